The Balaban J connectivity index is 2.65. The maximum absolute atomic E-state index is 13.5. The van der Waals surface area contributed by atoms with E-state index in [1.54, 1.807) is 6.07 Å². The summed E-state index contributed by atoms with van der Waals surface area (Å²) in [7, 11) is 3.86. The van der Waals surface area contributed by atoms with Gasteiger partial charge in [0.25, 0.3) is 0 Å². The molecule has 0 aliphatic heterocycles. The molecule has 0 fully saturated rings. The SMILES string of the molecule is CCOc1ccc(CN(C)CNC)cc1F. The van der Waals surface area contributed by atoms with Crippen LogP contribution in [0.15, 0.2) is 18.2 Å². The number of nitrogens with zero attached hydrogens (tertiary/aromatic N) is 1. The fourth-order valence-corrected chi connectivity index (χ4v) is 1.55. The molecule has 0 saturated heterocycles. The van der Waals surface area contributed by atoms with Gasteiger partial charge in [0.1, 0.15) is 0 Å². The summed E-state index contributed by atoms with van der Waals surface area (Å²) in [5, 5.41) is 3.04. The zero-order valence-electron chi connectivity index (χ0n) is 10.1. The van der Waals surface area contributed by atoms with Gasteiger partial charge in [-0.3, -0.25) is 4.90 Å². The highest BCUT2D eigenvalue weighted by Gasteiger charge is 2.05. The highest BCUT2D eigenvalue weighted by atomic mass is 19.1. The zero-order valence-corrected chi connectivity index (χ0v) is 10.1. The standard InChI is InChI=1S/C12H19FN2O/c1-4-16-12-6-5-10(7-11(12)13)8-15(3)9-14-2/h5-7,14H,4,8-9H2,1-3H3. The van der Waals surface area contributed by atoms with Gasteiger partial charge in [-0.1, -0.05) is 6.07 Å². The van der Waals surface area contributed by atoms with Gasteiger partial charge in [0.2, 0.25) is 0 Å². The number of nitrogens with one attached hydrogen (secondary N) is 1. The molecular formula is C12H19FN2O. The van der Waals surface area contributed by atoms with Gasteiger partial charge in [-0.15, -0.1) is 0 Å². The van der Waals surface area contributed by atoms with Crippen molar-refractivity contribution < 1.29 is 9.13 Å². The fraction of sp³-hybridized carbons (Fsp3) is 0.500. The molecule has 16 heavy (non-hydrogen) atoms. The molecule has 0 spiro atoms. The number of halogens is 1. The second kappa shape index (κ2) is 6.45. The molecular weight excluding hydrogens is 207 g/mol. The lowest BCUT2D eigenvalue weighted by Gasteiger charge is -2.16. The molecule has 1 rings (SSSR count). The van der Waals surface area contributed by atoms with Gasteiger partial charge in [-0.05, 0) is 38.7 Å². The van der Waals surface area contributed by atoms with E-state index >= 15 is 0 Å². The third kappa shape index (κ3) is 3.79. The maximum Gasteiger partial charge on any atom is 0.165 e. The van der Waals surface area contributed by atoms with E-state index in [9.17, 15) is 4.39 Å². The summed E-state index contributed by atoms with van der Waals surface area (Å²) in [6.07, 6.45) is 0. The molecule has 0 atom stereocenters. The Morgan fingerprint density at radius 1 is 1.44 bits per heavy atom. The summed E-state index contributed by atoms with van der Waals surface area (Å²) < 4.78 is 18.7. The van der Waals surface area contributed by atoms with Crippen LogP contribution in [0.5, 0.6) is 5.75 Å². The van der Waals surface area contributed by atoms with Gasteiger partial charge in [0.15, 0.2) is 11.6 Å². The normalized spacial score (nSPS) is 10.8. The number of benzene rings is 1. The van der Waals surface area contributed by atoms with E-state index in [-0.39, 0.29) is 5.82 Å². The topological polar surface area (TPSA) is 24.5 Å². The molecule has 3 nitrogen and oxygen atoms in total. The Hall–Kier alpha value is -1.13. The van der Waals surface area contributed by atoms with Gasteiger partial charge in [-0.25, -0.2) is 4.39 Å². The van der Waals surface area contributed by atoms with Crippen LogP contribution in [0.1, 0.15) is 12.5 Å². The van der Waals surface area contributed by atoms with Crippen molar-refractivity contribution in [3.05, 3.63) is 29.6 Å². The van der Waals surface area contributed by atoms with Crippen LogP contribution in [0, 0.1) is 5.82 Å². The van der Waals surface area contributed by atoms with Crippen LogP contribution in [-0.4, -0.2) is 32.3 Å². The maximum atomic E-state index is 13.5. The van der Waals surface area contributed by atoms with Gasteiger partial charge in [-0.2, -0.15) is 0 Å². The summed E-state index contributed by atoms with van der Waals surface area (Å²) in [6, 6.07) is 5.10. The first-order chi connectivity index (χ1) is 7.67. The highest BCUT2D eigenvalue weighted by Crippen LogP contribution is 2.18. The lowest BCUT2D eigenvalue weighted by Crippen LogP contribution is -2.28. The van der Waals surface area contributed by atoms with Crippen LogP contribution >= 0.6 is 0 Å². The molecule has 0 amide bonds. The van der Waals surface area contributed by atoms with Crippen molar-refractivity contribution in [3.8, 4) is 5.75 Å². The van der Waals surface area contributed by atoms with Crippen molar-refractivity contribution in [1.29, 1.82) is 0 Å². The van der Waals surface area contributed by atoms with E-state index in [4.69, 9.17) is 4.74 Å². The molecule has 0 unspecified atom stereocenters. The number of hydrogen-bond acceptors (Lipinski definition) is 3. The van der Waals surface area contributed by atoms with Crippen LogP contribution < -0.4 is 10.1 Å². The minimum absolute atomic E-state index is 0.294. The van der Waals surface area contributed by atoms with Crippen LogP contribution in [0.4, 0.5) is 4.39 Å². The average Bonchev–Trinajstić information content (AvgIpc) is 2.22. The molecule has 0 bridgehead atoms. The quantitative estimate of drug-likeness (QED) is 0.749. The Morgan fingerprint density at radius 3 is 2.75 bits per heavy atom. The first-order valence-electron chi connectivity index (χ1n) is 5.41. The van der Waals surface area contributed by atoms with Crippen LogP contribution in [-0.2, 0) is 6.54 Å². The molecule has 0 aliphatic rings. The van der Waals surface area contributed by atoms with Crippen molar-refractivity contribution in [2.75, 3.05) is 27.4 Å². The molecule has 1 N–H and O–H groups in total. The Kier molecular flexibility index (Phi) is 5.22. The second-order valence-corrected chi connectivity index (χ2v) is 3.72. The van der Waals surface area contributed by atoms with Gasteiger partial charge in [0, 0.05) is 13.2 Å². The van der Waals surface area contributed by atoms with Crippen LogP contribution in [0.2, 0.25) is 0 Å². The molecule has 90 valence electrons. The van der Waals surface area contributed by atoms with Gasteiger partial charge < -0.3 is 10.1 Å². The van der Waals surface area contributed by atoms with E-state index < -0.39 is 0 Å². The molecule has 0 radical (unpaired) electrons. The summed E-state index contributed by atoms with van der Waals surface area (Å²) in [6.45, 7) is 3.81. The van der Waals surface area contributed by atoms with Crippen molar-refractivity contribution in [2.24, 2.45) is 0 Å². The van der Waals surface area contributed by atoms with Crippen molar-refractivity contribution in [1.82, 2.24) is 10.2 Å². The summed E-state index contributed by atoms with van der Waals surface area (Å²) in [5.74, 6) is 0.0275. The third-order valence-corrected chi connectivity index (χ3v) is 2.18. The van der Waals surface area contributed by atoms with Crippen molar-refractivity contribution in [3.63, 3.8) is 0 Å². The summed E-state index contributed by atoms with van der Waals surface area (Å²) in [4.78, 5) is 2.06. The van der Waals surface area contributed by atoms with E-state index in [1.165, 1.54) is 6.07 Å². The zero-order chi connectivity index (χ0) is 12.0. The van der Waals surface area contributed by atoms with Crippen molar-refractivity contribution >= 4 is 0 Å². The minimum Gasteiger partial charge on any atom is -0.491 e. The molecule has 0 saturated carbocycles. The lowest BCUT2D eigenvalue weighted by atomic mass is 10.2. The smallest absolute Gasteiger partial charge is 0.165 e. The lowest BCUT2D eigenvalue weighted by molar-refractivity contribution is 0.306. The monoisotopic (exact) mass is 226 g/mol. The fourth-order valence-electron chi connectivity index (χ4n) is 1.55. The second-order valence-electron chi connectivity index (χ2n) is 3.72. The predicted molar refractivity (Wildman–Crippen MR) is 63.0 cm³/mol. The van der Waals surface area contributed by atoms with E-state index in [1.807, 2.05) is 27.1 Å². The number of rotatable bonds is 6. The van der Waals surface area contributed by atoms with E-state index in [0.717, 1.165) is 12.2 Å². The molecule has 1 aromatic rings. The van der Waals surface area contributed by atoms with E-state index in [2.05, 4.69) is 10.2 Å². The first-order valence-corrected chi connectivity index (χ1v) is 5.41. The van der Waals surface area contributed by atoms with Gasteiger partial charge in [0.05, 0.1) is 6.61 Å². The number of hydrogen-bond donors (Lipinski definition) is 1. The first kappa shape index (κ1) is 12.9. The molecule has 0 aliphatic carbocycles. The predicted octanol–water partition coefficient (Wildman–Crippen LogP) is 1.83. The van der Waals surface area contributed by atoms with Crippen LogP contribution in [0.25, 0.3) is 0 Å². The van der Waals surface area contributed by atoms with Crippen molar-refractivity contribution in [2.45, 2.75) is 13.5 Å². The van der Waals surface area contributed by atoms with Gasteiger partial charge >= 0.3 is 0 Å². The Labute approximate surface area is 96.2 Å². The molecule has 1 aromatic carbocycles. The minimum atomic E-state index is -0.294. The average molecular weight is 226 g/mol. The number of ether oxygens (including phenoxy) is 1. The Morgan fingerprint density at radius 2 is 2.19 bits per heavy atom. The van der Waals surface area contributed by atoms with E-state index in [0.29, 0.717) is 18.9 Å². The highest BCUT2D eigenvalue weighted by molar-refractivity contribution is 5.29. The molecule has 0 aromatic heterocycles. The molecule has 0 heterocycles. The third-order valence-electron chi connectivity index (χ3n) is 2.18. The molecule has 4 heteroatoms. The summed E-state index contributed by atoms with van der Waals surface area (Å²) >= 11 is 0. The summed E-state index contributed by atoms with van der Waals surface area (Å²) in [5.41, 5.74) is 0.943. The largest absolute Gasteiger partial charge is 0.491 e. The van der Waals surface area contributed by atoms with Crippen LogP contribution in [0.3, 0.4) is 0 Å². The Bertz CT molecular complexity index is 331.